The van der Waals surface area contributed by atoms with Crippen LogP contribution in [0.2, 0.25) is 0 Å². The molecular formula is C14H18O3. The molecule has 0 bridgehead atoms. The average molecular weight is 234 g/mol. The van der Waals surface area contributed by atoms with Crippen LogP contribution in [0.5, 0.6) is 5.75 Å². The number of fused-ring (bicyclic) bond motifs is 1. The molecule has 92 valence electrons. The van der Waals surface area contributed by atoms with Gasteiger partial charge in [-0.1, -0.05) is 18.2 Å². The first-order chi connectivity index (χ1) is 8.36. The third-order valence-corrected chi connectivity index (χ3v) is 3.83. The highest BCUT2D eigenvalue weighted by molar-refractivity contribution is 5.40. The van der Waals surface area contributed by atoms with Crippen molar-refractivity contribution in [2.75, 3.05) is 19.8 Å². The summed E-state index contributed by atoms with van der Waals surface area (Å²) in [6.07, 6.45) is 1.76. The van der Waals surface area contributed by atoms with Gasteiger partial charge in [0.2, 0.25) is 0 Å². The minimum Gasteiger partial charge on any atom is -0.493 e. The second-order valence-corrected chi connectivity index (χ2v) is 4.92. The van der Waals surface area contributed by atoms with E-state index in [1.165, 1.54) is 0 Å². The predicted octanol–water partition coefficient (Wildman–Crippen LogP) is 1.95. The van der Waals surface area contributed by atoms with Gasteiger partial charge in [0.15, 0.2) is 0 Å². The molecule has 0 aliphatic carbocycles. The Bertz CT molecular complexity index is 385. The molecule has 3 atom stereocenters. The number of aliphatic hydroxyl groups is 1. The molecule has 3 unspecified atom stereocenters. The molecule has 1 aromatic rings. The van der Waals surface area contributed by atoms with Gasteiger partial charge in [-0.2, -0.15) is 0 Å². The summed E-state index contributed by atoms with van der Waals surface area (Å²) in [5.74, 6) is 1.29. The standard InChI is InChI=1S/C14H18O3/c15-14(10-4-3-7-16-8-10)12-9-17-13-6-2-1-5-11(12)13/h1-2,5-6,10,12,14-15H,3-4,7-9H2. The highest BCUT2D eigenvalue weighted by Crippen LogP contribution is 2.38. The summed E-state index contributed by atoms with van der Waals surface area (Å²) in [5.41, 5.74) is 1.14. The number of para-hydroxylation sites is 1. The largest absolute Gasteiger partial charge is 0.493 e. The van der Waals surface area contributed by atoms with Crippen molar-refractivity contribution in [3.05, 3.63) is 29.8 Å². The smallest absolute Gasteiger partial charge is 0.123 e. The highest BCUT2D eigenvalue weighted by Gasteiger charge is 2.35. The normalized spacial score (nSPS) is 29.5. The molecule has 1 aromatic carbocycles. The predicted molar refractivity (Wildman–Crippen MR) is 64.2 cm³/mol. The minimum atomic E-state index is -0.348. The van der Waals surface area contributed by atoms with Crippen molar-refractivity contribution in [1.29, 1.82) is 0 Å². The summed E-state index contributed by atoms with van der Waals surface area (Å²) in [5, 5.41) is 10.5. The van der Waals surface area contributed by atoms with Crippen LogP contribution >= 0.6 is 0 Å². The first-order valence-electron chi connectivity index (χ1n) is 6.34. The van der Waals surface area contributed by atoms with Gasteiger partial charge < -0.3 is 14.6 Å². The van der Waals surface area contributed by atoms with Gasteiger partial charge in [0, 0.05) is 24.0 Å². The van der Waals surface area contributed by atoms with Crippen molar-refractivity contribution in [3.63, 3.8) is 0 Å². The van der Waals surface area contributed by atoms with Crippen LogP contribution in [0.25, 0.3) is 0 Å². The van der Waals surface area contributed by atoms with Crippen LogP contribution in [-0.2, 0) is 4.74 Å². The lowest BCUT2D eigenvalue weighted by Crippen LogP contribution is -2.34. The van der Waals surface area contributed by atoms with Crippen LogP contribution < -0.4 is 4.74 Å². The van der Waals surface area contributed by atoms with E-state index in [1.54, 1.807) is 0 Å². The number of hydrogen-bond acceptors (Lipinski definition) is 3. The fourth-order valence-electron chi connectivity index (χ4n) is 2.83. The Labute approximate surface area is 101 Å². The fraction of sp³-hybridized carbons (Fsp3) is 0.571. The molecule has 1 fully saturated rings. The van der Waals surface area contributed by atoms with E-state index in [-0.39, 0.29) is 17.9 Å². The molecule has 2 aliphatic rings. The van der Waals surface area contributed by atoms with Gasteiger partial charge in [0.05, 0.1) is 19.3 Å². The van der Waals surface area contributed by atoms with E-state index in [4.69, 9.17) is 9.47 Å². The van der Waals surface area contributed by atoms with Gasteiger partial charge in [0.1, 0.15) is 5.75 Å². The lowest BCUT2D eigenvalue weighted by Gasteiger charge is -2.29. The second kappa shape index (κ2) is 4.67. The van der Waals surface area contributed by atoms with E-state index in [1.807, 2.05) is 18.2 Å². The lowest BCUT2D eigenvalue weighted by molar-refractivity contribution is -0.0215. The van der Waals surface area contributed by atoms with Crippen LogP contribution in [0.3, 0.4) is 0 Å². The zero-order valence-electron chi connectivity index (χ0n) is 9.84. The fourth-order valence-corrected chi connectivity index (χ4v) is 2.83. The average Bonchev–Trinajstić information content (AvgIpc) is 2.83. The molecule has 0 saturated carbocycles. The molecule has 1 saturated heterocycles. The lowest BCUT2D eigenvalue weighted by atomic mass is 9.84. The van der Waals surface area contributed by atoms with Crippen LogP contribution in [0.1, 0.15) is 24.3 Å². The Morgan fingerprint density at radius 3 is 2.94 bits per heavy atom. The van der Waals surface area contributed by atoms with E-state index < -0.39 is 0 Å². The third-order valence-electron chi connectivity index (χ3n) is 3.83. The van der Waals surface area contributed by atoms with E-state index in [2.05, 4.69) is 6.07 Å². The van der Waals surface area contributed by atoms with Crippen molar-refractivity contribution in [2.45, 2.75) is 24.9 Å². The van der Waals surface area contributed by atoms with Gasteiger partial charge in [0.25, 0.3) is 0 Å². The van der Waals surface area contributed by atoms with Crippen molar-refractivity contribution in [2.24, 2.45) is 5.92 Å². The van der Waals surface area contributed by atoms with Crippen molar-refractivity contribution < 1.29 is 14.6 Å². The summed E-state index contributed by atoms with van der Waals surface area (Å²) in [6.45, 7) is 2.11. The topological polar surface area (TPSA) is 38.7 Å². The maximum Gasteiger partial charge on any atom is 0.123 e. The Hall–Kier alpha value is -1.06. The van der Waals surface area contributed by atoms with Gasteiger partial charge >= 0.3 is 0 Å². The Kier molecular flexibility index (Phi) is 3.04. The van der Waals surface area contributed by atoms with Crippen molar-refractivity contribution in [1.82, 2.24) is 0 Å². The molecule has 17 heavy (non-hydrogen) atoms. The molecule has 1 N–H and O–H groups in total. The van der Waals surface area contributed by atoms with Gasteiger partial charge in [-0.05, 0) is 18.9 Å². The summed E-state index contributed by atoms with van der Waals surface area (Å²) < 4.78 is 11.1. The zero-order valence-corrected chi connectivity index (χ0v) is 9.84. The molecule has 3 heteroatoms. The van der Waals surface area contributed by atoms with E-state index >= 15 is 0 Å². The molecular weight excluding hydrogens is 216 g/mol. The molecule has 0 aromatic heterocycles. The molecule has 0 amide bonds. The van der Waals surface area contributed by atoms with Crippen LogP contribution in [-0.4, -0.2) is 31.0 Å². The van der Waals surface area contributed by atoms with Gasteiger partial charge in [-0.15, -0.1) is 0 Å². The minimum absolute atomic E-state index is 0.109. The Morgan fingerprint density at radius 2 is 2.12 bits per heavy atom. The van der Waals surface area contributed by atoms with E-state index in [9.17, 15) is 5.11 Å². The summed E-state index contributed by atoms with van der Waals surface area (Å²) in [7, 11) is 0. The van der Waals surface area contributed by atoms with Crippen LogP contribution in [0.4, 0.5) is 0 Å². The number of hydrogen-bond donors (Lipinski definition) is 1. The number of aliphatic hydroxyl groups excluding tert-OH is 1. The van der Waals surface area contributed by atoms with E-state index in [0.717, 1.165) is 30.8 Å². The first-order valence-corrected chi connectivity index (χ1v) is 6.34. The van der Waals surface area contributed by atoms with Gasteiger partial charge in [-0.3, -0.25) is 0 Å². The monoisotopic (exact) mass is 234 g/mol. The molecule has 2 aliphatic heterocycles. The quantitative estimate of drug-likeness (QED) is 0.850. The number of ether oxygens (including phenoxy) is 2. The summed E-state index contributed by atoms with van der Waals surface area (Å²) in [6, 6.07) is 8.00. The van der Waals surface area contributed by atoms with Crippen LogP contribution in [0.15, 0.2) is 24.3 Å². The Balaban J connectivity index is 1.76. The number of rotatable bonds is 2. The highest BCUT2D eigenvalue weighted by atomic mass is 16.5. The maximum atomic E-state index is 10.5. The van der Waals surface area contributed by atoms with Crippen molar-refractivity contribution >= 4 is 0 Å². The molecule has 0 radical (unpaired) electrons. The number of benzene rings is 1. The maximum absolute atomic E-state index is 10.5. The van der Waals surface area contributed by atoms with Crippen molar-refractivity contribution in [3.8, 4) is 5.75 Å². The summed E-state index contributed by atoms with van der Waals surface area (Å²) >= 11 is 0. The molecule has 0 spiro atoms. The second-order valence-electron chi connectivity index (χ2n) is 4.92. The summed E-state index contributed by atoms with van der Waals surface area (Å²) in [4.78, 5) is 0. The first kappa shape index (κ1) is 11.1. The SMILES string of the molecule is OC(C1CCCOC1)C1COc2ccccc21. The van der Waals surface area contributed by atoms with E-state index in [0.29, 0.717) is 13.2 Å². The molecule has 3 rings (SSSR count). The third kappa shape index (κ3) is 2.05. The molecule has 2 heterocycles. The Morgan fingerprint density at radius 1 is 1.24 bits per heavy atom. The molecule has 3 nitrogen and oxygen atoms in total. The van der Waals surface area contributed by atoms with Gasteiger partial charge in [-0.25, -0.2) is 0 Å². The zero-order chi connectivity index (χ0) is 11.7. The van der Waals surface area contributed by atoms with Crippen LogP contribution in [0, 0.1) is 5.92 Å².